The highest BCUT2D eigenvalue weighted by Gasteiger charge is 2.50. The number of hydrogen-bond donors (Lipinski definition) is 1. The Kier molecular flexibility index (Phi) is 3.89. The molecule has 26 heavy (non-hydrogen) atoms. The number of aromatic nitrogens is 2. The molecule has 0 spiro atoms. The van der Waals surface area contributed by atoms with Gasteiger partial charge < -0.3 is 5.32 Å². The van der Waals surface area contributed by atoms with Gasteiger partial charge in [-0.05, 0) is 80.8 Å². The molecule has 0 aromatic carbocycles. The third-order valence-corrected chi connectivity index (χ3v) is 7.85. The van der Waals surface area contributed by atoms with Crippen molar-refractivity contribution in [2.24, 2.45) is 23.2 Å². The molecule has 0 radical (unpaired) electrons. The average molecular weight is 368 g/mol. The van der Waals surface area contributed by atoms with Crippen molar-refractivity contribution in [3.05, 3.63) is 35.0 Å². The number of thiazole rings is 1. The zero-order valence-electron chi connectivity index (χ0n) is 15.2. The van der Waals surface area contributed by atoms with E-state index in [0.717, 1.165) is 45.6 Å². The van der Waals surface area contributed by atoms with Crippen LogP contribution in [0.1, 0.15) is 53.9 Å². The standard InChI is InChI=1S/C21H25N3OS/c1-13-18(26-20(24-13)17-4-2-3-5-22-17)19(25)23-12-21-9-14-6-15(10-21)8-16(7-14)11-21/h2-5,14-16H,6-12H2,1H3,(H,23,25). The van der Waals surface area contributed by atoms with Crippen LogP contribution < -0.4 is 5.32 Å². The van der Waals surface area contributed by atoms with Gasteiger partial charge in [0.25, 0.3) is 5.91 Å². The van der Waals surface area contributed by atoms with Gasteiger partial charge in [-0.2, -0.15) is 0 Å². The molecular weight excluding hydrogens is 342 g/mol. The van der Waals surface area contributed by atoms with E-state index < -0.39 is 0 Å². The smallest absolute Gasteiger partial charge is 0.263 e. The molecule has 1 amide bonds. The molecule has 2 aromatic rings. The van der Waals surface area contributed by atoms with Crippen molar-refractivity contribution in [3.63, 3.8) is 0 Å². The van der Waals surface area contributed by atoms with Crippen LogP contribution >= 0.6 is 11.3 Å². The van der Waals surface area contributed by atoms with E-state index in [1.165, 1.54) is 49.9 Å². The van der Waals surface area contributed by atoms with E-state index in [9.17, 15) is 4.79 Å². The summed E-state index contributed by atoms with van der Waals surface area (Å²) in [4.78, 5) is 22.5. The fourth-order valence-corrected chi connectivity index (χ4v) is 7.02. The molecule has 4 bridgehead atoms. The summed E-state index contributed by atoms with van der Waals surface area (Å²) in [5.74, 6) is 2.79. The molecule has 1 N–H and O–H groups in total. The lowest BCUT2D eigenvalue weighted by Crippen LogP contribution is -2.51. The van der Waals surface area contributed by atoms with Gasteiger partial charge >= 0.3 is 0 Å². The Balaban J connectivity index is 1.30. The zero-order valence-corrected chi connectivity index (χ0v) is 16.0. The van der Waals surface area contributed by atoms with E-state index in [1.807, 2.05) is 25.1 Å². The van der Waals surface area contributed by atoms with Crippen LogP contribution in [-0.4, -0.2) is 22.4 Å². The minimum Gasteiger partial charge on any atom is -0.351 e. The van der Waals surface area contributed by atoms with Crippen LogP contribution in [0.5, 0.6) is 0 Å². The first kappa shape index (κ1) is 16.4. The second-order valence-electron chi connectivity index (χ2n) is 8.75. The SMILES string of the molecule is Cc1nc(-c2ccccn2)sc1C(=O)NCC12CC3CC(CC(C3)C1)C2. The van der Waals surface area contributed by atoms with Crippen molar-refractivity contribution in [1.29, 1.82) is 0 Å². The molecule has 6 rings (SSSR count). The summed E-state index contributed by atoms with van der Waals surface area (Å²) in [6, 6.07) is 5.78. The predicted octanol–water partition coefficient (Wildman–Crippen LogP) is 4.46. The Morgan fingerprint density at radius 2 is 1.88 bits per heavy atom. The normalized spacial score (nSPS) is 32.0. The highest BCUT2D eigenvalue weighted by Crippen LogP contribution is 2.59. The van der Waals surface area contributed by atoms with Crippen molar-refractivity contribution >= 4 is 17.2 Å². The lowest BCUT2D eigenvalue weighted by Gasteiger charge is -2.56. The Hall–Kier alpha value is -1.75. The summed E-state index contributed by atoms with van der Waals surface area (Å²) in [5.41, 5.74) is 2.01. The topological polar surface area (TPSA) is 54.9 Å². The van der Waals surface area contributed by atoms with E-state index in [2.05, 4.69) is 15.3 Å². The number of nitrogens with one attached hydrogen (secondary N) is 1. The first-order valence-electron chi connectivity index (χ1n) is 9.77. The van der Waals surface area contributed by atoms with Crippen LogP contribution in [0.15, 0.2) is 24.4 Å². The van der Waals surface area contributed by atoms with Crippen molar-refractivity contribution < 1.29 is 4.79 Å². The van der Waals surface area contributed by atoms with Gasteiger partial charge in [-0.25, -0.2) is 4.98 Å². The molecule has 4 aliphatic carbocycles. The third kappa shape index (κ3) is 2.86. The van der Waals surface area contributed by atoms with E-state index in [4.69, 9.17) is 0 Å². The van der Waals surface area contributed by atoms with Gasteiger partial charge in [0.2, 0.25) is 0 Å². The van der Waals surface area contributed by atoms with Crippen LogP contribution in [0.3, 0.4) is 0 Å². The highest BCUT2D eigenvalue weighted by molar-refractivity contribution is 7.17. The van der Waals surface area contributed by atoms with E-state index in [0.29, 0.717) is 5.41 Å². The number of pyridine rings is 1. The summed E-state index contributed by atoms with van der Waals surface area (Å²) in [6.07, 6.45) is 10.0. The summed E-state index contributed by atoms with van der Waals surface area (Å²) in [7, 11) is 0. The molecule has 2 aromatic heterocycles. The summed E-state index contributed by atoms with van der Waals surface area (Å²) >= 11 is 1.45. The van der Waals surface area contributed by atoms with E-state index in [-0.39, 0.29) is 5.91 Å². The van der Waals surface area contributed by atoms with Gasteiger partial charge in [-0.1, -0.05) is 6.07 Å². The lowest BCUT2D eigenvalue weighted by atomic mass is 9.49. The molecule has 136 valence electrons. The van der Waals surface area contributed by atoms with Gasteiger partial charge in [0.1, 0.15) is 9.88 Å². The van der Waals surface area contributed by atoms with Gasteiger partial charge in [0, 0.05) is 12.7 Å². The summed E-state index contributed by atoms with van der Waals surface area (Å²) in [6.45, 7) is 2.76. The third-order valence-electron chi connectivity index (χ3n) is 6.68. The lowest BCUT2D eigenvalue weighted by molar-refractivity contribution is -0.0503. The quantitative estimate of drug-likeness (QED) is 0.868. The van der Waals surface area contributed by atoms with Gasteiger partial charge in [-0.3, -0.25) is 9.78 Å². The van der Waals surface area contributed by atoms with Gasteiger partial charge in [0.15, 0.2) is 0 Å². The molecule has 0 saturated heterocycles. The first-order chi connectivity index (χ1) is 12.6. The molecule has 0 atom stereocenters. The molecule has 4 saturated carbocycles. The van der Waals surface area contributed by atoms with E-state index in [1.54, 1.807) is 6.20 Å². The Labute approximate surface area is 158 Å². The van der Waals surface area contributed by atoms with Crippen molar-refractivity contribution in [2.45, 2.75) is 45.4 Å². The number of nitrogens with zero attached hydrogens (tertiary/aromatic N) is 2. The average Bonchev–Trinajstić information content (AvgIpc) is 3.01. The highest BCUT2D eigenvalue weighted by atomic mass is 32.1. The zero-order chi connectivity index (χ0) is 17.7. The second-order valence-corrected chi connectivity index (χ2v) is 9.75. The monoisotopic (exact) mass is 367 g/mol. The van der Waals surface area contributed by atoms with Gasteiger partial charge in [-0.15, -0.1) is 11.3 Å². The predicted molar refractivity (Wildman–Crippen MR) is 103 cm³/mol. The van der Waals surface area contributed by atoms with Crippen molar-refractivity contribution in [3.8, 4) is 10.7 Å². The van der Waals surface area contributed by atoms with Crippen LogP contribution in [0.4, 0.5) is 0 Å². The van der Waals surface area contributed by atoms with Crippen LogP contribution in [0.25, 0.3) is 10.7 Å². The molecule has 4 nitrogen and oxygen atoms in total. The maximum atomic E-state index is 12.8. The number of carbonyl (C=O) groups is 1. The maximum Gasteiger partial charge on any atom is 0.263 e. The van der Waals surface area contributed by atoms with Crippen LogP contribution in [-0.2, 0) is 0 Å². The molecule has 0 unspecified atom stereocenters. The second kappa shape index (κ2) is 6.15. The summed E-state index contributed by atoms with van der Waals surface area (Å²) in [5, 5.41) is 4.09. The fourth-order valence-electron chi connectivity index (χ4n) is 6.06. The number of aryl methyl sites for hydroxylation is 1. The fraction of sp³-hybridized carbons (Fsp3) is 0.571. The first-order valence-corrected chi connectivity index (χ1v) is 10.6. The minimum absolute atomic E-state index is 0.0397. The van der Waals surface area contributed by atoms with Crippen LogP contribution in [0, 0.1) is 30.1 Å². The maximum absolute atomic E-state index is 12.8. The molecule has 4 fully saturated rings. The number of rotatable bonds is 4. The van der Waals surface area contributed by atoms with Crippen molar-refractivity contribution in [1.82, 2.24) is 15.3 Å². The number of hydrogen-bond acceptors (Lipinski definition) is 4. The molecule has 5 heteroatoms. The Morgan fingerprint density at radius 1 is 1.19 bits per heavy atom. The Morgan fingerprint density at radius 3 is 2.50 bits per heavy atom. The Bertz CT molecular complexity index is 794. The van der Waals surface area contributed by atoms with Gasteiger partial charge in [0.05, 0.1) is 11.4 Å². The molecule has 2 heterocycles. The van der Waals surface area contributed by atoms with Crippen LogP contribution in [0.2, 0.25) is 0 Å². The molecular formula is C21H25N3OS. The summed E-state index contributed by atoms with van der Waals surface area (Å²) < 4.78 is 0. The number of amides is 1. The molecule has 4 aliphatic rings. The largest absolute Gasteiger partial charge is 0.351 e. The molecule has 0 aliphatic heterocycles. The minimum atomic E-state index is 0.0397. The van der Waals surface area contributed by atoms with E-state index >= 15 is 0 Å². The van der Waals surface area contributed by atoms with Crippen molar-refractivity contribution in [2.75, 3.05) is 6.54 Å². The number of carbonyl (C=O) groups excluding carboxylic acids is 1.